The van der Waals surface area contributed by atoms with E-state index >= 15 is 0 Å². The summed E-state index contributed by atoms with van der Waals surface area (Å²) in [4.78, 5) is 30.8. The van der Waals surface area contributed by atoms with Gasteiger partial charge in [0.2, 0.25) is 0 Å². The molecule has 3 aliphatic heterocycles. The molecule has 5 rings (SSSR count). The van der Waals surface area contributed by atoms with E-state index in [-0.39, 0.29) is 35.8 Å². The molecule has 1 amide bonds. The maximum absolute atomic E-state index is 13.8. The van der Waals surface area contributed by atoms with E-state index in [9.17, 15) is 14.0 Å². The molecule has 6 nitrogen and oxygen atoms in total. The molecule has 2 aliphatic carbocycles. The van der Waals surface area contributed by atoms with Crippen LogP contribution in [0.15, 0.2) is 34.1 Å². The van der Waals surface area contributed by atoms with Crippen LogP contribution >= 0.6 is 0 Å². The Morgan fingerprint density at radius 2 is 1.90 bits per heavy atom. The Bertz CT molecular complexity index is 1060. The summed E-state index contributed by atoms with van der Waals surface area (Å²) in [6.07, 6.45) is 9.65. The summed E-state index contributed by atoms with van der Waals surface area (Å²) in [6.45, 7) is 12.9. The summed E-state index contributed by atoms with van der Waals surface area (Å²) in [5.74, 6) is 0.866. The normalized spacial score (nSPS) is 32.6. The number of alkyl halides is 1. The van der Waals surface area contributed by atoms with Gasteiger partial charge in [-0.2, -0.15) is 0 Å². The van der Waals surface area contributed by atoms with Gasteiger partial charge in [-0.25, -0.2) is 4.39 Å². The molecule has 1 unspecified atom stereocenters. The van der Waals surface area contributed by atoms with E-state index in [2.05, 4.69) is 42.0 Å². The third-order valence-corrected chi connectivity index (χ3v) is 10.2. The highest BCUT2D eigenvalue weighted by atomic mass is 19.1. The van der Waals surface area contributed by atoms with Gasteiger partial charge >= 0.3 is 0 Å². The van der Waals surface area contributed by atoms with Crippen LogP contribution in [-0.4, -0.2) is 78.6 Å². The first-order chi connectivity index (χ1) is 19.3. The standard InChI is InChI=1S/C33H50FN3O3/c1-5-30(38)27-19-28-29(35-22(27)4)13-16-37(33(28)39)26-11-14-36(15-12-26)20-23-17-21(3)32(31(18-23)40-6-2)24-7-9-25(34)10-8-24/h7,22-23,25-27,31,35H,5-6,8-20H2,1-4H3/t22?,23-,25-,27-,31-/m0/s1. The van der Waals surface area contributed by atoms with Crippen molar-refractivity contribution in [3.05, 3.63) is 34.1 Å². The van der Waals surface area contributed by atoms with Crippen molar-refractivity contribution < 1.29 is 18.7 Å². The fourth-order valence-corrected chi connectivity index (χ4v) is 8.05. The van der Waals surface area contributed by atoms with E-state index < -0.39 is 6.17 Å². The minimum absolute atomic E-state index is 0.0986. The summed E-state index contributed by atoms with van der Waals surface area (Å²) in [6, 6.07) is 0.387. The number of nitrogens with one attached hydrogen (secondary N) is 1. The van der Waals surface area contributed by atoms with Gasteiger partial charge in [0.1, 0.15) is 12.0 Å². The number of carbonyl (C=O) groups is 2. The van der Waals surface area contributed by atoms with E-state index in [0.717, 1.165) is 76.0 Å². The predicted molar refractivity (Wildman–Crippen MR) is 156 cm³/mol. The second kappa shape index (κ2) is 12.9. The Hall–Kier alpha value is -1.99. The lowest BCUT2D eigenvalue weighted by atomic mass is 9.77. The molecule has 1 fully saturated rings. The molecule has 5 atom stereocenters. The first-order valence-corrected chi connectivity index (χ1v) is 16.0. The fourth-order valence-electron chi connectivity index (χ4n) is 8.05. The highest BCUT2D eigenvalue weighted by Gasteiger charge is 2.40. The topological polar surface area (TPSA) is 61.9 Å². The third-order valence-electron chi connectivity index (χ3n) is 10.2. The van der Waals surface area contributed by atoms with Crippen molar-refractivity contribution in [2.24, 2.45) is 11.8 Å². The van der Waals surface area contributed by atoms with Crippen molar-refractivity contribution in [1.82, 2.24) is 15.1 Å². The minimum atomic E-state index is -0.696. The molecule has 0 radical (unpaired) electrons. The molecular formula is C33H50FN3O3. The highest BCUT2D eigenvalue weighted by molar-refractivity contribution is 5.97. The van der Waals surface area contributed by atoms with E-state index in [4.69, 9.17) is 4.74 Å². The van der Waals surface area contributed by atoms with Crippen molar-refractivity contribution >= 4 is 11.7 Å². The Kier molecular flexibility index (Phi) is 9.51. The van der Waals surface area contributed by atoms with Gasteiger partial charge in [0, 0.05) is 74.9 Å². The second-order valence-corrected chi connectivity index (χ2v) is 12.8. The molecule has 5 aliphatic rings. The molecular weight excluding hydrogens is 505 g/mol. The number of ketones is 1. The number of halogens is 1. The van der Waals surface area contributed by atoms with Crippen molar-refractivity contribution in [3.63, 3.8) is 0 Å². The maximum Gasteiger partial charge on any atom is 0.251 e. The first-order valence-electron chi connectivity index (χ1n) is 16.0. The summed E-state index contributed by atoms with van der Waals surface area (Å²) in [5.41, 5.74) is 6.03. The van der Waals surface area contributed by atoms with Crippen molar-refractivity contribution in [3.8, 4) is 0 Å². The lowest BCUT2D eigenvalue weighted by Crippen LogP contribution is -2.53. The number of carbonyl (C=O) groups excluding carboxylic acids is 2. The molecule has 0 bridgehead atoms. The smallest absolute Gasteiger partial charge is 0.251 e. The number of nitrogens with zero attached hydrogens (tertiary/aromatic N) is 2. The lowest BCUT2D eigenvalue weighted by molar-refractivity contribution is -0.132. The van der Waals surface area contributed by atoms with Gasteiger partial charge in [0.25, 0.3) is 5.91 Å². The van der Waals surface area contributed by atoms with Gasteiger partial charge in [0.05, 0.1) is 6.10 Å². The van der Waals surface area contributed by atoms with E-state index in [0.29, 0.717) is 38.2 Å². The SMILES string of the molecule is CCO[C@H]1C[C@@H](CN2CCC(N3CCC4=C(C[C@H](C(=O)CC)C(C)N4)C3=O)CC2)CC(C)=C1C1=CC[C@H](F)CC1. The summed E-state index contributed by atoms with van der Waals surface area (Å²) in [7, 11) is 0. The molecule has 0 spiro atoms. The van der Waals surface area contributed by atoms with Crippen molar-refractivity contribution in [2.75, 3.05) is 32.8 Å². The number of rotatable bonds is 8. The van der Waals surface area contributed by atoms with Crippen LogP contribution in [0.5, 0.6) is 0 Å². The van der Waals surface area contributed by atoms with Gasteiger partial charge < -0.3 is 19.9 Å². The summed E-state index contributed by atoms with van der Waals surface area (Å²) < 4.78 is 20.0. The van der Waals surface area contributed by atoms with Gasteiger partial charge in [0.15, 0.2) is 0 Å². The number of Topliss-reactive ketones (excluding diaryl/α,β-unsaturated/α-hetero) is 1. The number of ether oxygens (including phenoxy) is 1. The van der Waals surface area contributed by atoms with Crippen LogP contribution in [0.4, 0.5) is 4.39 Å². The molecule has 0 aromatic carbocycles. The molecule has 7 heteroatoms. The first kappa shape index (κ1) is 29.5. The zero-order valence-electron chi connectivity index (χ0n) is 25.1. The van der Waals surface area contributed by atoms with Gasteiger partial charge in [-0.3, -0.25) is 9.59 Å². The number of amides is 1. The second-order valence-electron chi connectivity index (χ2n) is 12.8. The lowest BCUT2D eigenvalue weighted by Gasteiger charge is -2.44. The monoisotopic (exact) mass is 555 g/mol. The van der Waals surface area contributed by atoms with Gasteiger partial charge in [-0.1, -0.05) is 18.6 Å². The largest absolute Gasteiger partial charge is 0.385 e. The summed E-state index contributed by atoms with van der Waals surface area (Å²) >= 11 is 0. The Balaban J connectivity index is 1.17. The van der Waals surface area contributed by atoms with Crippen LogP contribution in [0, 0.1) is 11.8 Å². The van der Waals surface area contributed by atoms with Crippen LogP contribution < -0.4 is 5.32 Å². The van der Waals surface area contributed by atoms with Crippen molar-refractivity contribution in [1.29, 1.82) is 0 Å². The molecule has 1 N–H and O–H groups in total. The van der Waals surface area contributed by atoms with E-state index in [1.54, 1.807) is 0 Å². The average Bonchev–Trinajstić information content (AvgIpc) is 2.94. The number of allylic oxidation sites excluding steroid dienone is 2. The Morgan fingerprint density at radius 3 is 2.58 bits per heavy atom. The maximum atomic E-state index is 13.8. The Morgan fingerprint density at radius 1 is 1.12 bits per heavy atom. The quantitative estimate of drug-likeness (QED) is 0.429. The van der Waals surface area contributed by atoms with Gasteiger partial charge in [-0.05, 0) is 89.2 Å². The number of piperidine rings is 1. The average molecular weight is 556 g/mol. The Labute approximate surface area is 240 Å². The van der Waals surface area contributed by atoms with E-state index in [1.807, 2.05) is 6.92 Å². The molecule has 0 saturated carbocycles. The summed E-state index contributed by atoms with van der Waals surface area (Å²) in [5, 5.41) is 3.50. The van der Waals surface area contributed by atoms with E-state index in [1.165, 1.54) is 16.7 Å². The molecule has 0 aromatic rings. The highest BCUT2D eigenvalue weighted by Crippen LogP contribution is 2.40. The minimum Gasteiger partial charge on any atom is -0.385 e. The fraction of sp³-hybridized carbons (Fsp3) is 0.758. The van der Waals surface area contributed by atoms with Crippen molar-refractivity contribution in [2.45, 2.75) is 116 Å². The molecule has 0 aromatic heterocycles. The molecule has 40 heavy (non-hydrogen) atoms. The predicted octanol–water partition coefficient (Wildman–Crippen LogP) is 5.49. The van der Waals surface area contributed by atoms with Crippen LogP contribution in [0.2, 0.25) is 0 Å². The van der Waals surface area contributed by atoms with Crippen LogP contribution in [0.25, 0.3) is 0 Å². The zero-order chi connectivity index (χ0) is 28.4. The van der Waals surface area contributed by atoms with Crippen LogP contribution in [0.1, 0.15) is 91.9 Å². The zero-order valence-corrected chi connectivity index (χ0v) is 25.1. The van der Waals surface area contributed by atoms with Crippen LogP contribution in [-0.2, 0) is 14.3 Å². The molecule has 222 valence electrons. The molecule has 1 saturated heterocycles. The van der Waals surface area contributed by atoms with Crippen LogP contribution in [0.3, 0.4) is 0 Å². The molecule has 3 heterocycles. The van der Waals surface area contributed by atoms with Gasteiger partial charge in [-0.15, -0.1) is 0 Å². The number of likely N-dealkylation sites (tertiary alicyclic amines) is 1. The number of hydrogen-bond donors (Lipinski definition) is 1. The third kappa shape index (κ3) is 6.25. The number of hydrogen-bond acceptors (Lipinski definition) is 5.